The van der Waals surface area contributed by atoms with Crippen LogP contribution in [0.25, 0.3) is 0 Å². The summed E-state index contributed by atoms with van der Waals surface area (Å²) in [6, 6.07) is 12.3. The minimum absolute atomic E-state index is 0.0280. The first-order valence-corrected chi connectivity index (χ1v) is 10.9. The van der Waals surface area contributed by atoms with E-state index in [1.807, 2.05) is 25.1 Å². The molecule has 6 nitrogen and oxygen atoms in total. The van der Waals surface area contributed by atoms with Crippen LogP contribution in [0.1, 0.15) is 18.1 Å². The molecule has 0 atom stereocenters. The summed E-state index contributed by atoms with van der Waals surface area (Å²) in [7, 11) is -2.44. The van der Waals surface area contributed by atoms with Crippen LogP contribution in [-0.4, -0.2) is 50.3 Å². The van der Waals surface area contributed by atoms with Crippen molar-refractivity contribution in [2.24, 2.45) is 0 Å². The monoisotopic (exact) mass is 422 g/mol. The Kier molecular flexibility index (Phi) is 6.27. The maximum absolute atomic E-state index is 12.8. The molecular weight excluding hydrogens is 400 g/mol. The van der Waals surface area contributed by atoms with E-state index < -0.39 is 10.0 Å². The molecule has 0 N–H and O–H groups in total. The summed E-state index contributed by atoms with van der Waals surface area (Å²) in [5, 5.41) is 0.218. The number of benzene rings is 2. The maximum atomic E-state index is 12.8. The Hall–Kier alpha value is -2.09. The Labute approximate surface area is 170 Å². The summed E-state index contributed by atoms with van der Waals surface area (Å²) in [6.07, 6.45) is 0.771. The van der Waals surface area contributed by atoms with Crippen molar-refractivity contribution in [2.45, 2.75) is 24.8 Å². The summed E-state index contributed by atoms with van der Waals surface area (Å²) in [5.41, 5.74) is 2.34. The van der Waals surface area contributed by atoms with Gasteiger partial charge < -0.3 is 9.64 Å². The number of fused-ring (bicyclic) bond motifs is 1. The second-order valence-corrected chi connectivity index (χ2v) is 9.07. The van der Waals surface area contributed by atoms with E-state index in [-0.39, 0.29) is 22.4 Å². The highest BCUT2D eigenvalue weighted by Gasteiger charge is 2.27. The van der Waals surface area contributed by atoms with Gasteiger partial charge in [0.25, 0.3) is 0 Å². The van der Waals surface area contributed by atoms with Gasteiger partial charge in [0.05, 0.1) is 23.1 Å². The van der Waals surface area contributed by atoms with Crippen LogP contribution in [-0.2, 0) is 27.8 Å². The van der Waals surface area contributed by atoms with Crippen LogP contribution in [0, 0.1) is 0 Å². The SMILES string of the molecule is CCOc1ccc(S(=O)(=O)N(C)CC(=O)N2CCc3ccccc3C2)cc1Cl. The van der Waals surface area contributed by atoms with Crippen molar-refractivity contribution in [1.82, 2.24) is 9.21 Å². The van der Waals surface area contributed by atoms with Gasteiger partial charge in [-0.15, -0.1) is 0 Å². The lowest BCUT2D eigenvalue weighted by Gasteiger charge is -2.30. The normalized spacial score (nSPS) is 14.1. The molecule has 0 unspecified atom stereocenters. The van der Waals surface area contributed by atoms with E-state index in [1.165, 1.54) is 30.8 Å². The molecule has 0 aromatic heterocycles. The zero-order valence-electron chi connectivity index (χ0n) is 15.9. The van der Waals surface area contributed by atoms with Gasteiger partial charge in [-0.25, -0.2) is 8.42 Å². The van der Waals surface area contributed by atoms with Gasteiger partial charge in [-0.1, -0.05) is 35.9 Å². The largest absolute Gasteiger partial charge is 0.492 e. The number of hydrogen-bond acceptors (Lipinski definition) is 4. The van der Waals surface area contributed by atoms with Gasteiger partial charge in [0.2, 0.25) is 15.9 Å². The fraction of sp³-hybridized carbons (Fsp3) is 0.350. The molecule has 0 saturated carbocycles. The molecule has 0 fully saturated rings. The predicted molar refractivity (Wildman–Crippen MR) is 108 cm³/mol. The minimum Gasteiger partial charge on any atom is -0.492 e. The van der Waals surface area contributed by atoms with Gasteiger partial charge in [-0.2, -0.15) is 4.31 Å². The third-order valence-electron chi connectivity index (χ3n) is 4.75. The van der Waals surface area contributed by atoms with Crippen LogP contribution < -0.4 is 4.74 Å². The van der Waals surface area contributed by atoms with Crippen molar-refractivity contribution in [1.29, 1.82) is 0 Å². The number of nitrogens with zero attached hydrogens (tertiary/aromatic N) is 2. The van der Waals surface area contributed by atoms with Crippen LogP contribution >= 0.6 is 11.6 Å². The molecule has 1 aliphatic rings. The number of hydrogen-bond donors (Lipinski definition) is 0. The van der Waals surface area contributed by atoms with Gasteiger partial charge >= 0.3 is 0 Å². The van der Waals surface area contributed by atoms with E-state index in [9.17, 15) is 13.2 Å². The van der Waals surface area contributed by atoms with Gasteiger partial charge in [0.1, 0.15) is 5.75 Å². The van der Waals surface area contributed by atoms with Gasteiger partial charge in [-0.05, 0) is 42.7 Å². The van der Waals surface area contributed by atoms with E-state index in [2.05, 4.69) is 6.07 Å². The van der Waals surface area contributed by atoms with E-state index in [0.717, 1.165) is 16.3 Å². The average Bonchev–Trinajstić information content (AvgIpc) is 2.69. The molecule has 1 aliphatic heterocycles. The van der Waals surface area contributed by atoms with Gasteiger partial charge in [0, 0.05) is 20.1 Å². The third-order valence-corrected chi connectivity index (χ3v) is 6.85. The number of carbonyl (C=O) groups excluding carboxylic acids is 1. The van der Waals surface area contributed by atoms with Gasteiger partial charge in [-0.3, -0.25) is 4.79 Å². The van der Waals surface area contributed by atoms with E-state index in [0.29, 0.717) is 25.4 Å². The number of amides is 1. The van der Waals surface area contributed by atoms with E-state index >= 15 is 0 Å². The molecule has 0 spiro atoms. The standard InChI is InChI=1S/C20H23ClN2O4S/c1-3-27-19-9-8-17(12-18(19)21)28(25,26)22(2)14-20(24)23-11-10-15-6-4-5-7-16(15)13-23/h4-9,12H,3,10-11,13-14H2,1-2H3. The van der Waals surface area contributed by atoms with Crippen molar-refractivity contribution in [3.05, 3.63) is 58.6 Å². The van der Waals surface area contributed by atoms with Crippen LogP contribution in [0.2, 0.25) is 5.02 Å². The molecule has 28 heavy (non-hydrogen) atoms. The van der Waals surface area contributed by atoms with Crippen molar-refractivity contribution < 1.29 is 17.9 Å². The quantitative estimate of drug-likeness (QED) is 0.717. The van der Waals surface area contributed by atoms with Crippen LogP contribution in [0.3, 0.4) is 0 Å². The zero-order chi connectivity index (χ0) is 20.3. The Balaban J connectivity index is 1.70. The van der Waals surface area contributed by atoms with E-state index in [4.69, 9.17) is 16.3 Å². The number of carbonyl (C=O) groups is 1. The molecule has 3 rings (SSSR count). The molecule has 8 heteroatoms. The number of halogens is 1. The first kappa shape index (κ1) is 20.6. The number of ether oxygens (including phenoxy) is 1. The predicted octanol–water partition coefficient (Wildman–Crippen LogP) is 2.94. The first-order valence-electron chi connectivity index (χ1n) is 9.06. The molecular formula is C20H23ClN2O4S. The maximum Gasteiger partial charge on any atom is 0.243 e. The summed E-state index contributed by atoms with van der Waals surface area (Å²) in [4.78, 5) is 14.4. The fourth-order valence-electron chi connectivity index (χ4n) is 3.18. The number of likely N-dealkylation sites (N-methyl/N-ethyl adjacent to an activating group) is 1. The molecule has 0 bridgehead atoms. The first-order chi connectivity index (χ1) is 13.3. The molecule has 0 radical (unpaired) electrons. The topological polar surface area (TPSA) is 66.9 Å². The van der Waals surface area contributed by atoms with Crippen molar-refractivity contribution >= 4 is 27.5 Å². The highest BCUT2D eigenvalue weighted by Crippen LogP contribution is 2.28. The second kappa shape index (κ2) is 8.51. The molecule has 150 valence electrons. The highest BCUT2D eigenvalue weighted by atomic mass is 35.5. The Morgan fingerprint density at radius 3 is 2.61 bits per heavy atom. The average molecular weight is 423 g/mol. The fourth-order valence-corrected chi connectivity index (χ4v) is 4.63. The minimum atomic E-state index is -3.84. The molecule has 1 amide bonds. The van der Waals surface area contributed by atoms with Crippen LogP contribution in [0.15, 0.2) is 47.4 Å². The lowest BCUT2D eigenvalue weighted by Crippen LogP contribution is -2.43. The summed E-state index contributed by atoms with van der Waals surface area (Å²) < 4.78 is 32.0. The Bertz CT molecular complexity index is 978. The lowest BCUT2D eigenvalue weighted by atomic mass is 10.00. The summed E-state index contributed by atoms with van der Waals surface area (Å²) >= 11 is 6.11. The summed E-state index contributed by atoms with van der Waals surface area (Å²) in [5.74, 6) is 0.200. The zero-order valence-corrected chi connectivity index (χ0v) is 17.5. The second-order valence-electron chi connectivity index (χ2n) is 6.62. The number of rotatable bonds is 6. The Morgan fingerprint density at radius 1 is 1.21 bits per heavy atom. The molecule has 1 heterocycles. The van der Waals surface area contributed by atoms with Crippen LogP contribution in [0.5, 0.6) is 5.75 Å². The molecule has 0 aliphatic carbocycles. The molecule has 2 aromatic carbocycles. The van der Waals surface area contributed by atoms with Crippen molar-refractivity contribution in [3.8, 4) is 5.75 Å². The van der Waals surface area contributed by atoms with E-state index in [1.54, 1.807) is 4.90 Å². The van der Waals surface area contributed by atoms with Crippen LogP contribution in [0.4, 0.5) is 0 Å². The van der Waals surface area contributed by atoms with Gasteiger partial charge in [0.15, 0.2) is 0 Å². The number of sulfonamides is 1. The van der Waals surface area contributed by atoms with Crippen molar-refractivity contribution in [2.75, 3.05) is 26.7 Å². The lowest BCUT2D eigenvalue weighted by molar-refractivity contribution is -0.132. The van der Waals surface area contributed by atoms with Crippen molar-refractivity contribution in [3.63, 3.8) is 0 Å². The Morgan fingerprint density at radius 2 is 1.93 bits per heavy atom. The molecule has 2 aromatic rings. The third kappa shape index (κ3) is 4.32. The highest BCUT2D eigenvalue weighted by molar-refractivity contribution is 7.89. The smallest absolute Gasteiger partial charge is 0.243 e. The molecule has 0 saturated heterocycles. The summed E-state index contributed by atoms with van der Waals surface area (Å²) in [6.45, 7) is 3.10.